The SMILES string of the molecule is CCN(CC)S(=O)(=O)N1CC[C@H](c2cc(Cc3cccc(F)c3)cc(C)n2)C1. The second-order valence-corrected chi connectivity index (χ2v) is 9.21. The van der Waals surface area contributed by atoms with Crippen molar-refractivity contribution in [1.82, 2.24) is 13.6 Å². The van der Waals surface area contributed by atoms with Crippen LogP contribution >= 0.6 is 0 Å². The lowest BCUT2D eigenvalue weighted by Crippen LogP contribution is -2.42. The quantitative estimate of drug-likeness (QED) is 0.709. The van der Waals surface area contributed by atoms with E-state index in [1.165, 1.54) is 10.4 Å². The van der Waals surface area contributed by atoms with Gasteiger partial charge in [-0.1, -0.05) is 26.0 Å². The maximum absolute atomic E-state index is 13.5. The maximum Gasteiger partial charge on any atom is 0.281 e. The van der Waals surface area contributed by atoms with Gasteiger partial charge in [-0.05, 0) is 55.2 Å². The van der Waals surface area contributed by atoms with Crippen LogP contribution in [-0.4, -0.2) is 48.2 Å². The first-order valence-corrected chi connectivity index (χ1v) is 11.2. The summed E-state index contributed by atoms with van der Waals surface area (Å²) in [7, 11) is -3.42. The minimum Gasteiger partial charge on any atom is -0.258 e. The predicted molar refractivity (Wildman–Crippen MR) is 109 cm³/mol. The van der Waals surface area contributed by atoms with Crippen LogP contribution in [0.5, 0.6) is 0 Å². The molecule has 0 radical (unpaired) electrons. The summed E-state index contributed by atoms with van der Waals surface area (Å²) in [4.78, 5) is 4.67. The summed E-state index contributed by atoms with van der Waals surface area (Å²) < 4.78 is 42.1. The second-order valence-electron chi connectivity index (χ2n) is 7.28. The van der Waals surface area contributed by atoms with Crippen LogP contribution in [0.25, 0.3) is 0 Å². The minimum atomic E-state index is -3.42. The Labute approximate surface area is 167 Å². The van der Waals surface area contributed by atoms with Crippen LogP contribution in [0, 0.1) is 12.7 Å². The number of benzene rings is 1. The van der Waals surface area contributed by atoms with E-state index in [1.807, 2.05) is 39.0 Å². The highest BCUT2D eigenvalue weighted by molar-refractivity contribution is 7.86. The van der Waals surface area contributed by atoms with Crippen LogP contribution in [-0.2, 0) is 16.6 Å². The van der Waals surface area contributed by atoms with Crippen molar-refractivity contribution in [3.63, 3.8) is 0 Å². The molecule has 28 heavy (non-hydrogen) atoms. The number of hydrogen-bond acceptors (Lipinski definition) is 3. The second kappa shape index (κ2) is 8.68. The highest BCUT2D eigenvalue weighted by Crippen LogP contribution is 2.30. The molecule has 0 N–H and O–H groups in total. The molecular weight excluding hydrogens is 377 g/mol. The third-order valence-corrected chi connectivity index (χ3v) is 7.41. The molecule has 7 heteroatoms. The van der Waals surface area contributed by atoms with E-state index in [9.17, 15) is 12.8 Å². The van der Waals surface area contributed by atoms with Gasteiger partial charge in [0.25, 0.3) is 10.2 Å². The standard InChI is InChI=1S/C21H28FN3O2S/c1-4-24(5-2)28(26,27)25-10-9-19(15-25)21-14-18(11-16(3)23-21)12-17-7-6-8-20(22)13-17/h6-8,11,13-14,19H,4-5,9-10,12,15H2,1-3H3/t19-/m0/s1. The van der Waals surface area contributed by atoms with Crippen molar-refractivity contribution in [3.8, 4) is 0 Å². The minimum absolute atomic E-state index is 0.0801. The summed E-state index contributed by atoms with van der Waals surface area (Å²) in [6.07, 6.45) is 1.39. The summed E-state index contributed by atoms with van der Waals surface area (Å²) in [5, 5.41) is 0. The Kier molecular flexibility index (Phi) is 6.47. The highest BCUT2D eigenvalue weighted by Gasteiger charge is 2.35. The van der Waals surface area contributed by atoms with Crippen LogP contribution in [0.3, 0.4) is 0 Å². The van der Waals surface area contributed by atoms with Crippen molar-refractivity contribution in [2.24, 2.45) is 0 Å². The topological polar surface area (TPSA) is 53.5 Å². The number of pyridine rings is 1. The molecule has 1 aliphatic rings. The molecule has 2 heterocycles. The molecule has 5 nitrogen and oxygen atoms in total. The van der Waals surface area contributed by atoms with E-state index in [4.69, 9.17) is 0 Å². The van der Waals surface area contributed by atoms with Crippen molar-refractivity contribution < 1.29 is 12.8 Å². The van der Waals surface area contributed by atoms with Gasteiger partial charge < -0.3 is 0 Å². The zero-order valence-corrected chi connectivity index (χ0v) is 17.5. The Morgan fingerprint density at radius 3 is 2.61 bits per heavy atom. The molecule has 0 bridgehead atoms. The molecule has 1 fully saturated rings. The molecular formula is C21H28FN3O2S. The molecule has 152 valence electrons. The molecule has 1 saturated heterocycles. The molecule has 0 unspecified atom stereocenters. The summed E-state index contributed by atoms with van der Waals surface area (Å²) in [5.41, 5.74) is 3.80. The van der Waals surface area contributed by atoms with Crippen molar-refractivity contribution >= 4 is 10.2 Å². The van der Waals surface area contributed by atoms with Gasteiger partial charge in [0.1, 0.15) is 5.82 Å². The van der Waals surface area contributed by atoms with Gasteiger partial charge in [0.05, 0.1) is 0 Å². The van der Waals surface area contributed by atoms with E-state index >= 15 is 0 Å². The Balaban J connectivity index is 1.78. The first-order valence-electron chi connectivity index (χ1n) is 9.80. The van der Waals surface area contributed by atoms with Gasteiger partial charge in [-0.2, -0.15) is 17.0 Å². The van der Waals surface area contributed by atoms with Gasteiger partial charge in [0.2, 0.25) is 0 Å². The Bertz CT molecular complexity index is 929. The van der Waals surface area contributed by atoms with E-state index in [1.54, 1.807) is 16.4 Å². The molecule has 1 aliphatic heterocycles. The lowest BCUT2D eigenvalue weighted by atomic mass is 9.98. The molecule has 1 atom stereocenters. The number of nitrogens with zero attached hydrogens (tertiary/aromatic N) is 3. The van der Waals surface area contributed by atoms with Crippen LogP contribution in [0.15, 0.2) is 36.4 Å². The van der Waals surface area contributed by atoms with Crippen LogP contribution in [0.2, 0.25) is 0 Å². The lowest BCUT2D eigenvalue weighted by molar-refractivity contribution is 0.377. The zero-order valence-electron chi connectivity index (χ0n) is 16.7. The number of rotatable bonds is 7. The maximum atomic E-state index is 13.5. The summed E-state index contributed by atoms with van der Waals surface area (Å²) >= 11 is 0. The van der Waals surface area contributed by atoms with Crippen LogP contribution in [0.1, 0.15) is 48.7 Å². The van der Waals surface area contributed by atoms with E-state index in [2.05, 4.69) is 4.98 Å². The Morgan fingerprint density at radius 1 is 1.18 bits per heavy atom. The molecule has 0 saturated carbocycles. The smallest absolute Gasteiger partial charge is 0.258 e. The first kappa shape index (κ1) is 20.9. The van der Waals surface area contributed by atoms with Gasteiger partial charge in [-0.15, -0.1) is 0 Å². The highest BCUT2D eigenvalue weighted by atomic mass is 32.2. The van der Waals surface area contributed by atoms with Gasteiger partial charge in [-0.25, -0.2) is 4.39 Å². The fourth-order valence-corrected chi connectivity index (χ4v) is 5.54. The average molecular weight is 406 g/mol. The molecule has 1 aromatic heterocycles. The number of halogens is 1. The first-order chi connectivity index (χ1) is 13.3. The van der Waals surface area contributed by atoms with E-state index in [0.29, 0.717) is 32.6 Å². The van der Waals surface area contributed by atoms with Crippen LogP contribution in [0.4, 0.5) is 4.39 Å². The Hall–Kier alpha value is -1.83. The molecule has 0 spiro atoms. The molecule has 1 aromatic carbocycles. The molecule has 2 aromatic rings. The van der Waals surface area contributed by atoms with Gasteiger partial charge >= 0.3 is 0 Å². The third kappa shape index (κ3) is 4.59. The summed E-state index contributed by atoms with van der Waals surface area (Å²) in [6, 6.07) is 10.7. The number of aryl methyl sites for hydroxylation is 1. The normalized spacial score (nSPS) is 18.1. The predicted octanol–water partition coefficient (Wildman–Crippen LogP) is 3.50. The summed E-state index contributed by atoms with van der Waals surface area (Å²) in [6.45, 7) is 7.57. The van der Waals surface area contributed by atoms with Crippen molar-refractivity contribution in [3.05, 3.63) is 64.7 Å². The van der Waals surface area contributed by atoms with E-state index < -0.39 is 10.2 Å². The lowest BCUT2D eigenvalue weighted by Gasteiger charge is -2.25. The molecule has 0 aliphatic carbocycles. The van der Waals surface area contributed by atoms with E-state index in [-0.39, 0.29) is 11.7 Å². The largest absolute Gasteiger partial charge is 0.281 e. The van der Waals surface area contributed by atoms with Gasteiger partial charge in [-0.3, -0.25) is 4.98 Å². The Morgan fingerprint density at radius 2 is 1.93 bits per heavy atom. The zero-order chi connectivity index (χ0) is 20.3. The summed E-state index contributed by atoms with van der Waals surface area (Å²) in [5.74, 6) is -0.159. The van der Waals surface area contributed by atoms with Crippen molar-refractivity contribution in [2.45, 2.75) is 39.5 Å². The van der Waals surface area contributed by atoms with E-state index in [0.717, 1.165) is 28.9 Å². The molecule has 3 rings (SSSR count). The van der Waals surface area contributed by atoms with Crippen molar-refractivity contribution in [1.29, 1.82) is 0 Å². The van der Waals surface area contributed by atoms with Gasteiger partial charge in [0.15, 0.2) is 0 Å². The average Bonchev–Trinajstić information content (AvgIpc) is 3.13. The number of hydrogen-bond donors (Lipinski definition) is 0. The molecule has 0 amide bonds. The monoisotopic (exact) mass is 405 g/mol. The fraction of sp³-hybridized carbons (Fsp3) is 0.476. The van der Waals surface area contributed by atoms with Crippen LogP contribution < -0.4 is 0 Å². The number of aromatic nitrogens is 1. The third-order valence-electron chi connectivity index (χ3n) is 5.26. The van der Waals surface area contributed by atoms with Gasteiger partial charge in [0, 0.05) is 43.5 Å². The fourth-order valence-electron chi connectivity index (χ4n) is 3.85. The van der Waals surface area contributed by atoms with Crippen molar-refractivity contribution in [2.75, 3.05) is 26.2 Å².